The maximum Gasteiger partial charge on any atom is 0.167 e. The number of ether oxygens (including phenoxy) is 1. The Labute approximate surface area is 255 Å². The monoisotopic (exact) mass is 579 g/mol. The van der Waals surface area contributed by atoms with Gasteiger partial charge in [0, 0.05) is 47.5 Å². The minimum Gasteiger partial charge on any atom is -0.455 e. The quantitative estimate of drug-likeness (QED) is 0.195. The van der Waals surface area contributed by atoms with E-state index in [2.05, 4.69) is 97.1 Å². The molecule has 44 heavy (non-hydrogen) atoms. The molecule has 9 aromatic rings. The molecule has 2 aromatic heterocycles. The Morgan fingerprint density at radius 1 is 0.432 bits per heavy atom. The molecule has 0 amide bonds. The summed E-state index contributed by atoms with van der Waals surface area (Å²) in [5.74, 6) is 3.51. The van der Waals surface area contributed by atoms with Gasteiger partial charge in [0.15, 0.2) is 17.5 Å². The van der Waals surface area contributed by atoms with Gasteiger partial charge in [0.2, 0.25) is 0 Å². The maximum absolute atomic E-state index is 6.78. The highest BCUT2D eigenvalue weighted by Gasteiger charge is 2.25. The van der Waals surface area contributed by atoms with E-state index in [4.69, 9.17) is 19.7 Å². The summed E-state index contributed by atoms with van der Waals surface area (Å²) in [7, 11) is 0. The van der Waals surface area contributed by atoms with Gasteiger partial charge in [-0.15, -0.1) is 11.3 Å². The SMILES string of the molecule is c1ccc(-c2nc(-c3ccc4ccc5ccc6cccc7c6c5c4c3O7)nc(-c3cccc4sc5ccccc5c34)n2)cc1. The number of hydrogen-bond donors (Lipinski definition) is 0. The second-order valence-corrected chi connectivity index (χ2v) is 12.3. The van der Waals surface area contributed by atoms with Gasteiger partial charge in [-0.1, -0.05) is 103 Å². The van der Waals surface area contributed by atoms with Crippen molar-refractivity contribution in [2.75, 3.05) is 0 Å². The third-order valence-corrected chi connectivity index (χ3v) is 9.82. The molecule has 1 aliphatic rings. The first-order chi connectivity index (χ1) is 21.8. The van der Waals surface area contributed by atoms with Gasteiger partial charge in [-0.2, -0.15) is 0 Å². The summed E-state index contributed by atoms with van der Waals surface area (Å²) in [5.41, 5.74) is 2.78. The van der Waals surface area contributed by atoms with Gasteiger partial charge in [-0.05, 0) is 40.4 Å². The molecule has 0 aliphatic carbocycles. The van der Waals surface area contributed by atoms with Crippen molar-refractivity contribution in [3.05, 3.63) is 127 Å². The molecule has 0 saturated carbocycles. The van der Waals surface area contributed by atoms with Crippen molar-refractivity contribution in [2.45, 2.75) is 0 Å². The molecular weight excluding hydrogens is 559 g/mol. The van der Waals surface area contributed by atoms with E-state index >= 15 is 0 Å². The Balaban J connectivity index is 1.30. The fraction of sp³-hybridized carbons (Fsp3) is 0. The van der Waals surface area contributed by atoms with Crippen LogP contribution in [0.4, 0.5) is 0 Å². The molecule has 3 heterocycles. The van der Waals surface area contributed by atoms with E-state index in [1.165, 1.54) is 36.3 Å². The van der Waals surface area contributed by atoms with Gasteiger partial charge < -0.3 is 4.74 Å². The Kier molecular flexibility index (Phi) is 4.84. The minimum absolute atomic E-state index is 0.589. The number of rotatable bonds is 3. The highest BCUT2D eigenvalue weighted by atomic mass is 32.1. The van der Waals surface area contributed by atoms with Crippen LogP contribution in [0.5, 0.6) is 11.5 Å². The van der Waals surface area contributed by atoms with Gasteiger partial charge in [-0.3, -0.25) is 0 Å². The summed E-state index contributed by atoms with van der Waals surface area (Å²) in [5, 5.41) is 9.33. The molecule has 5 heteroatoms. The molecule has 0 N–H and O–H groups in total. The molecule has 0 saturated heterocycles. The molecule has 0 atom stereocenters. The van der Waals surface area contributed by atoms with Crippen molar-refractivity contribution in [3.8, 4) is 45.7 Å². The molecule has 0 spiro atoms. The largest absolute Gasteiger partial charge is 0.455 e. The highest BCUT2D eigenvalue weighted by molar-refractivity contribution is 7.25. The first kappa shape index (κ1) is 23.9. The lowest BCUT2D eigenvalue weighted by molar-refractivity contribution is 0.494. The van der Waals surface area contributed by atoms with Crippen LogP contribution >= 0.6 is 11.3 Å². The molecule has 0 bridgehead atoms. The van der Waals surface area contributed by atoms with Gasteiger partial charge in [0.05, 0.1) is 5.56 Å². The van der Waals surface area contributed by atoms with Crippen molar-refractivity contribution in [3.63, 3.8) is 0 Å². The number of fused-ring (bicyclic) bond motifs is 3. The molecule has 7 aromatic carbocycles. The molecule has 10 rings (SSSR count). The number of thiophene rings is 1. The van der Waals surface area contributed by atoms with Crippen LogP contribution in [0.1, 0.15) is 0 Å². The molecule has 1 aliphatic heterocycles. The standard InChI is InChI=1S/C39H21N3OS/c1-2-8-25(9-3-1)37-40-38(27-12-7-15-31-35(27)26-11-4-5-14-30(26)44-31)42-39(41-37)28-21-20-24-19-18-23-17-16-22-10-6-13-29-32(22)33(23)34(24)36(28)43-29/h1-21H. The molecule has 4 nitrogen and oxygen atoms in total. The van der Waals surface area contributed by atoms with Crippen LogP contribution in [0.15, 0.2) is 127 Å². The second-order valence-electron chi connectivity index (χ2n) is 11.2. The first-order valence-electron chi connectivity index (χ1n) is 14.6. The van der Waals surface area contributed by atoms with Crippen molar-refractivity contribution in [1.29, 1.82) is 0 Å². The lowest BCUT2D eigenvalue weighted by Crippen LogP contribution is -2.03. The van der Waals surface area contributed by atoms with Gasteiger partial charge >= 0.3 is 0 Å². The van der Waals surface area contributed by atoms with E-state index in [0.29, 0.717) is 17.5 Å². The second kappa shape index (κ2) is 8.93. The van der Waals surface area contributed by atoms with Crippen LogP contribution in [-0.2, 0) is 0 Å². The number of hydrogen-bond acceptors (Lipinski definition) is 5. The Bertz CT molecular complexity index is 2640. The lowest BCUT2D eigenvalue weighted by atomic mass is 9.92. The zero-order valence-electron chi connectivity index (χ0n) is 23.3. The van der Waals surface area contributed by atoms with Crippen LogP contribution in [0.3, 0.4) is 0 Å². The highest BCUT2D eigenvalue weighted by Crippen LogP contribution is 2.50. The minimum atomic E-state index is 0.589. The molecule has 0 radical (unpaired) electrons. The number of nitrogens with zero attached hydrogens (tertiary/aromatic N) is 3. The van der Waals surface area contributed by atoms with E-state index < -0.39 is 0 Å². The number of benzene rings is 7. The van der Waals surface area contributed by atoms with Crippen LogP contribution in [0.25, 0.3) is 86.7 Å². The Hall–Kier alpha value is -5.65. The molecular formula is C39H21N3OS. The first-order valence-corrected chi connectivity index (χ1v) is 15.4. The number of aromatic nitrogens is 3. The van der Waals surface area contributed by atoms with Crippen LogP contribution in [0.2, 0.25) is 0 Å². The van der Waals surface area contributed by atoms with Gasteiger partial charge in [-0.25, -0.2) is 15.0 Å². The van der Waals surface area contributed by atoms with Crippen molar-refractivity contribution in [2.24, 2.45) is 0 Å². The van der Waals surface area contributed by atoms with Gasteiger partial charge in [0.1, 0.15) is 11.5 Å². The van der Waals surface area contributed by atoms with E-state index in [1.54, 1.807) is 11.3 Å². The van der Waals surface area contributed by atoms with Crippen molar-refractivity contribution >= 4 is 63.8 Å². The average molecular weight is 580 g/mol. The van der Waals surface area contributed by atoms with E-state index in [1.807, 2.05) is 30.3 Å². The van der Waals surface area contributed by atoms with Gasteiger partial charge in [0.25, 0.3) is 0 Å². The summed E-state index contributed by atoms with van der Waals surface area (Å²) in [6, 6.07) is 44.3. The van der Waals surface area contributed by atoms with Crippen LogP contribution in [-0.4, -0.2) is 15.0 Å². The van der Waals surface area contributed by atoms with Crippen molar-refractivity contribution in [1.82, 2.24) is 15.0 Å². The van der Waals surface area contributed by atoms with Crippen LogP contribution in [0, 0.1) is 0 Å². The summed E-state index contributed by atoms with van der Waals surface area (Å²) in [6.07, 6.45) is 0. The fourth-order valence-electron chi connectivity index (χ4n) is 6.72. The third kappa shape index (κ3) is 3.36. The maximum atomic E-state index is 6.78. The fourth-order valence-corrected chi connectivity index (χ4v) is 7.85. The predicted molar refractivity (Wildman–Crippen MR) is 182 cm³/mol. The lowest BCUT2D eigenvalue weighted by Gasteiger charge is -2.22. The summed E-state index contributed by atoms with van der Waals surface area (Å²) in [4.78, 5) is 15.4. The summed E-state index contributed by atoms with van der Waals surface area (Å²) >= 11 is 1.79. The third-order valence-electron chi connectivity index (χ3n) is 8.69. The normalized spacial score (nSPS) is 12.3. The summed E-state index contributed by atoms with van der Waals surface area (Å²) in [6.45, 7) is 0. The summed E-state index contributed by atoms with van der Waals surface area (Å²) < 4.78 is 9.24. The predicted octanol–water partition coefficient (Wildman–Crippen LogP) is 10.8. The van der Waals surface area contributed by atoms with E-state index in [9.17, 15) is 0 Å². The zero-order chi connectivity index (χ0) is 28.8. The van der Waals surface area contributed by atoms with Crippen LogP contribution < -0.4 is 4.74 Å². The topological polar surface area (TPSA) is 47.9 Å². The molecule has 204 valence electrons. The van der Waals surface area contributed by atoms with E-state index in [0.717, 1.165) is 44.3 Å². The van der Waals surface area contributed by atoms with E-state index in [-0.39, 0.29) is 0 Å². The Morgan fingerprint density at radius 3 is 1.95 bits per heavy atom. The molecule has 0 fully saturated rings. The van der Waals surface area contributed by atoms with Crippen molar-refractivity contribution < 1.29 is 4.74 Å². The average Bonchev–Trinajstić information content (AvgIpc) is 3.47. The molecule has 0 unspecified atom stereocenters. The Morgan fingerprint density at radius 2 is 1.09 bits per heavy atom. The smallest absolute Gasteiger partial charge is 0.167 e. The zero-order valence-corrected chi connectivity index (χ0v) is 24.1.